The summed E-state index contributed by atoms with van der Waals surface area (Å²) < 4.78 is 23.9. The highest BCUT2D eigenvalue weighted by atomic mass is 19.3. The van der Waals surface area contributed by atoms with E-state index < -0.39 is 18.5 Å². The molecular weight excluding hydrogens is 144 g/mol. The molecule has 0 radical (unpaired) electrons. The lowest BCUT2D eigenvalue weighted by Crippen LogP contribution is -2.44. The van der Waals surface area contributed by atoms with E-state index in [0.717, 1.165) is 0 Å². The van der Waals surface area contributed by atoms with Gasteiger partial charge in [0.15, 0.2) is 0 Å². The first-order valence-electron chi connectivity index (χ1n) is 2.58. The van der Waals surface area contributed by atoms with E-state index in [0.29, 0.717) is 6.92 Å². The summed E-state index contributed by atoms with van der Waals surface area (Å²) >= 11 is 0. The first kappa shape index (κ1) is 9.09. The second-order valence-corrected chi connectivity index (χ2v) is 1.90. The molecule has 2 amide bonds. The molecule has 0 aliphatic carbocycles. The fraction of sp³-hybridized carbons (Fsp3) is 0.750. The molecule has 60 valence electrons. The van der Waals surface area contributed by atoms with E-state index in [4.69, 9.17) is 0 Å². The monoisotopic (exact) mass is 153 g/mol. The van der Waals surface area contributed by atoms with Crippen LogP contribution in [0.2, 0.25) is 0 Å². The Kier molecular flexibility index (Phi) is 3.01. The Morgan fingerprint density at radius 1 is 1.70 bits per heavy atom. The fourth-order valence-corrected chi connectivity index (χ4v) is 0.287. The Morgan fingerprint density at radius 3 is 2.50 bits per heavy atom. The quantitative estimate of drug-likeness (QED) is 0.292. The summed E-state index contributed by atoms with van der Waals surface area (Å²) in [7, 11) is 0. The number of nitrogens with one attached hydrogen (secondary N) is 2. The Hall–Kier alpha value is -0.910. The van der Waals surface area contributed by atoms with Crippen molar-refractivity contribution in [2.45, 2.75) is 12.8 Å². The molecule has 0 spiro atoms. The van der Waals surface area contributed by atoms with Crippen molar-refractivity contribution < 1.29 is 13.6 Å². The van der Waals surface area contributed by atoms with Gasteiger partial charge in [-0.25, -0.2) is 19.4 Å². The molecule has 0 heterocycles. The van der Waals surface area contributed by atoms with Gasteiger partial charge in [-0.2, -0.15) is 0 Å². The second-order valence-electron chi connectivity index (χ2n) is 1.90. The molecule has 4 nitrogen and oxygen atoms in total. The van der Waals surface area contributed by atoms with Crippen molar-refractivity contribution in [1.82, 2.24) is 10.7 Å². The number of hydrogen-bond acceptors (Lipinski definition) is 2. The highest BCUT2D eigenvalue weighted by molar-refractivity contribution is 5.73. The maximum absolute atomic E-state index is 11.9. The van der Waals surface area contributed by atoms with Crippen molar-refractivity contribution in [1.29, 1.82) is 0 Å². The number of hydrazine groups is 1. The van der Waals surface area contributed by atoms with E-state index in [1.165, 1.54) is 0 Å². The summed E-state index contributed by atoms with van der Waals surface area (Å²) in [5.74, 6) is 1.70. The van der Waals surface area contributed by atoms with Crippen LogP contribution in [0, 0.1) is 0 Å². The minimum atomic E-state index is -2.90. The van der Waals surface area contributed by atoms with Crippen molar-refractivity contribution >= 4 is 6.03 Å². The van der Waals surface area contributed by atoms with Gasteiger partial charge < -0.3 is 5.32 Å². The lowest BCUT2D eigenvalue weighted by molar-refractivity contribution is 0.0253. The minimum absolute atomic E-state index is 0.698. The Balaban J connectivity index is 3.46. The van der Waals surface area contributed by atoms with E-state index in [2.05, 4.69) is 5.84 Å². The van der Waals surface area contributed by atoms with Crippen molar-refractivity contribution in [3.8, 4) is 0 Å². The number of halogens is 2. The van der Waals surface area contributed by atoms with E-state index in [9.17, 15) is 13.6 Å². The number of carbonyl (C=O) groups is 1. The van der Waals surface area contributed by atoms with Gasteiger partial charge >= 0.3 is 6.03 Å². The smallest absolute Gasteiger partial charge is 0.329 e. The molecule has 0 saturated carbocycles. The van der Waals surface area contributed by atoms with E-state index in [1.54, 1.807) is 5.43 Å². The Bertz CT molecular complexity index is 122. The van der Waals surface area contributed by atoms with Crippen molar-refractivity contribution in [3.05, 3.63) is 0 Å². The Labute approximate surface area is 56.7 Å². The van der Waals surface area contributed by atoms with Crippen LogP contribution in [0.5, 0.6) is 0 Å². The molecule has 0 aliphatic heterocycles. The molecule has 0 unspecified atom stereocenters. The van der Waals surface area contributed by atoms with Gasteiger partial charge in [-0.3, -0.25) is 5.43 Å². The number of urea groups is 1. The van der Waals surface area contributed by atoms with E-state index >= 15 is 0 Å². The third-order valence-corrected chi connectivity index (χ3v) is 0.690. The first-order chi connectivity index (χ1) is 4.45. The largest absolute Gasteiger partial charge is 0.331 e. The zero-order valence-electron chi connectivity index (χ0n) is 5.45. The average molecular weight is 153 g/mol. The van der Waals surface area contributed by atoms with Crippen LogP contribution in [-0.2, 0) is 0 Å². The zero-order chi connectivity index (χ0) is 8.20. The van der Waals surface area contributed by atoms with Gasteiger partial charge in [-0.15, -0.1) is 0 Å². The highest BCUT2D eigenvalue weighted by Gasteiger charge is 2.21. The topological polar surface area (TPSA) is 67.2 Å². The predicted molar refractivity (Wildman–Crippen MR) is 31.3 cm³/mol. The number of amides is 2. The number of rotatable bonds is 2. The molecule has 0 atom stereocenters. The predicted octanol–water partition coefficient (Wildman–Crippen LogP) is -0.185. The summed E-state index contributed by atoms with van der Waals surface area (Å²) in [4.78, 5) is 10.2. The van der Waals surface area contributed by atoms with E-state index in [1.807, 2.05) is 5.32 Å². The zero-order valence-corrected chi connectivity index (χ0v) is 5.45. The molecule has 0 saturated heterocycles. The first-order valence-corrected chi connectivity index (χ1v) is 2.58. The molecule has 0 aromatic rings. The van der Waals surface area contributed by atoms with Crippen LogP contribution in [0.3, 0.4) is 0 Å². The van der Waals surface area contributed by atoms with Crippen LogP contribution < -0.4 is 16.6 Å². The summed E-state index contributed by atoms with van der Waals surface area (Å²) in [6, 6.07) is -0.818. The van der Waals surface area contributed by atoms with Crippen LogP contribution in [0.1, 0.15) is 6.92 Å². The second kappa shape index (κ2) is 3.31. The maximum atomic E-state index is 11.9. The summed E-state index contributed by atoms with van der Waals surface area (Å²) in [6.45, 7) is -0.0141. The normalized spacial score (nSPS) is 10.8. The standard InChI is InChI=1S/C4H9F2N3O/c1-4(5,6)2-8-3(10)9-7/h2,7H2,1H3,(H2,8,9,10). The lowest BCUT2D eigenvalue weighted by atomic mass is 10.4. The van der Waals surface area contributed by atoms with E-state index in [-0.39, 0.29) is 0 Å². The van der Waals surface area contributed by atoms with Gasteiger partial charge in [-0.1, -0.05) is 0 Å². The van der Waals surface area contributed by atoms with Gasteiger partial charge in [0.05, 0.1) is 6.54 Å². The van der Waals surface area contributed by atoms with Crippen molar-refractivity contribution in [3.63, 3.8) is 0 Å². The van der Waals surface area contributed by atoms with Crippen molar-refractivity contribution in [2.24, 2.45) is 5.84 Å². The number of nitrogens with two attached hydrogens (primary N) is 1. The number of alkyl halides is 2. The third kappa shape index (κ3) is 5.23. The minimum Gasteiger partial charge on any atom is -0.331 e. The average Bonchev–Trinajstić information content (AvgIpc) is 1.81. The molecular formula is C4H9F2N3O. The maximum Gasteiger partial charge on any atom is 0.329 e. The molecule has 0 bridgehead atoms. The number of carbonyl (C=O) groups excluding carboxylic acids is 1. The van der Waals surface area contributed by atoms with Crippen LogP contribution in [0.25, 0.3) is 0 Å². The molecule has 0 aliphatic rings. The van der Waals surface area contributed by atoms with Crippen LogP contribution >= 0.6 is 0 Å². The summed E-state index contributed by atoms with van der Waals surface area (Å²) in [6.07, 6.45) is 0. The van der Waals surface area contributed by atoms with Gasteiger partial charge in [-0.05, 0) is 0 Å². The number of hydrogen-bond donors (Lipinski definition) is 3. The molecule has 6 heteroatoms. The van der Waals surface area contributed by atoms with Crippen LogP contribution in [0.15, 0.2) is 0 Å². The van der Waals surface area contributed by atoms with Gasteiger partial charge in [0.2, 0.25) is 0 Å². The molecule has 4 N–H and O–H groups in total. The van der Waals surface area contributed by atoms with Crippen LogP contribution in [-0.4, -0.2) is 18.5 Å². The highest BCUT2D eigenvalue weighted by Crippen LogP contribution is 2.08. The van der Waals surface area contributed by atoms with Gasteiger partial charge in [0, 0.05) is 6.92 Å². The molecule has 0 rings (SSSR count). The lowest BCUT2D eigenvalue weighted by Gasteiger charge is -2.09. The summed E-state index contributed by atoms with van der Waals surface area (Å²) in [5, 5.41) is 1.85. The Morgan fingerprint density at radius 2 is 2.20 bits per heavy atom. The molecule has 0 aromatic heterocycles. The fourth-order valence-electron chi connectivity index (χ4n) is 0.287. The van der Waals surface area contributed by atoms with Gasteiger partial charge in [0.25, 0.3) is 5.92 Å². The SMILES string of the molecule is CC(F)(F)CNC(=O)NN. The molecule has 0 aromatic carbocycles. The molecule has 10 heavy (non-hydrogen) atoms. The van der Waals surface area contributed by atoms with Crippen LogP contribution in [0.4, 0.5) is 13.6 Å². The van der Waals surface area contributed by atoms with Crippen molar-refractivity contribution in [2.75, 3.05) is 6.54 Å². The summed E-state index contributed by atoms with van der Waals surface area (Å²) in [5.41, 5.74) is 1.65. The van der Waals surface area contributed by atoms with Gasteiger partial charge in [0.1, 0.15) is 0 Å². The third-order valence-electron chi connectivity index (χ3n) is 0.690. The molecule has 0 fully saturated rings.